The molecule has 1 aliphatic rings. The standard InChI is InChI=1S/C16H23NO3/c1-3-19-15-7-5-11(6-8-16(18)20-4-2)13-9-12(17)10-14(13)15/h5,7,12H,3-4,6,8-10,17H2,1-2H3. The van der Waals surface area contributed by atoms with Gasteiger partial charge in [-0.3, -0.25) is 4.79 Å². The van der Waals surface area contributed by atoms with Gasteiger partial charge in [-0.05, 0) is 55.9 Å². The molecule has 1 aliphatic carbocycles. The lowest BCUT2D eigenvalue weighted by Gasteiger charge is -2.13. The fourth-order valence-corrected chi connectivity index (χ4v) is 2.79. The van der Waals surface area contributed by atoms with Crippen molar-refractivity contribution in [2.75, 3.05) is 13.2 Å². The monoisotopic (exact) mass is 277 g/mol. The maximum atomic E-state index is 11.5. The van der Waals surface area contributed by atoms with Crippen LogP contribution in [0.1, 0.15) is 37.0 Å². The Balaban J connectivity index is 2.15. The highest BCUT2D eigenvalue weighted by molar-refractivity contribution is 5.69. The van der Waals surface area contributed by atoms with Crippen LogP contribution in [0.4, 0.5) is 0 Å². The Morgan fingerprint density at radius 3 is 2.70 bits per heavy atom. The van der Waals surface area contributed by atoms with Crippen molar-refractivity contribution in [2.24, 2.45) is 5.73 Å². The van der Waals surface area contributed by atoms with Gasteiger partial charge in [0.25, 0.3) is 0 Å². The van der Waals surface area contributed by atoms with Gasteiger partial charge < -0.3 is 15.2 Å². The van der Waals surface area contributed by atoms with E-state index in [4.69, 9.17) is 15.2 Å². The van der Waals surface area contributed by atoms with E-state index in [1.807, 2.05) is 19.9 Å². The second-order valence-electron chi connectivity index (χ2n) is 5.09. The molecule has 1 aromatic carbocycles. The Bertz CT molecular complexity index is 485. The number of hydrogen-bond acceptors (Lipinski definition) is 4. The van der Waals surface area contributed by atoms with E-state index >= 15 is 0 Å². The summed E-state index contributed by atoms with van der Waals surface area (Å²) in [4.78, 5) is 11.5. The number of carbonyl (C=O) groups is 1. The Morgan fingerprint density at radius 1 is 1.25 bits per heavy atom. The van der Waals surface area contributed by atoms with Gasteiger partial charge in [0.15, 0.2) is 0 Å². The van der Waals surface area contributed by atoms with Crippen molar-refractivity contribution in [3.63, 3.8) is 0 Å². The number of fused-ring (bicyclic) bond motifs is 1. The quantitative estimate of drug-likeness (QED) is 0.808. The van der Waals surface area contributed by atoms with E-state index in [9.17, 15) is 4.79 Å². The summed E-state index contributed by atoms with van der Waals surface area (Å²) in [6.45, 7) is 4.90. The molecule has 0 amide bonds. The summed E-state index contributed by atoms with van der Waals surface area (Å²) >= 11 is 0. The third-order valence-corrected chi connectivity index (χ3v) is 3.62. The molecule has 1 unspecified atom stereocenters. The Morgan fingerprint density at radius 2 is 2.00 bits per heavy atom. The summed E-state index contributed by atoms with van der Waals surface area (Å²) < 4.78 is 10.6. The average Bonchev–Trinajstić information content (AvgIpc) is 2.80. The van der Waals surface area contributed by atoms with Crippen molar-refractivity contribution in [3.8, 4) is 5.75 Å². The van der Waals surface area contributed by atoms with Gasteiger partial charge in [0.2, 0.25) is 0 Å². The van der Waals surface area contributed by atoms with Crippen molar-refractivity contribution in [2.45, 2.75) is 45.6 Å². The smallest absolute Gasteiger partial charge is 0.306 e. The van der Waals surface area contributed by atoms with Gasteiger partial charge in [0.05, 0.1) is 13.2 Å². The van der Waals surface area contributed by atoms with Gasteiger partial charge in [-0.1, -0.05) is 6.07 Å². The lowest BCUT2D eigenvalue weighted by molar-refractivity contribution is -0.143. The lowest BCUT2D eigenvalue weighted by atomic mass is 9.98. The predicted molar refractivity (Wildman–Crippen MR) is 77.9 cm³/mol. The van der Waals surface area contributed by atoms with Crippen LogP contribution in [0.3, 0.4) is 0 Å². The van der Waals surface area contributed by atoms with Gasteiger partial charge in [0, 0.05) is 12.5 Å². The summed E-state index contributed by atoms with van der Waals surface area (Å²) in [6.07, 6.45) is 2.86. The van der Waals surface area contributed by atoms with E-state index in [0.717, 1.165) is 18.6 Å². The molecule has 110 valence electrons. The first-order valence-electron chi connectivity index (χ1n) is 7.33. The van der Waals surface area contributed by atoms with Crippen molar-refractivity contribution >= 4 is 5.97 Å². The van der Waals surface area contributed by atoms with Crippen molar-refractivity contribution < 1.29 is 14.3 Å². The molecule has 1 aromatic rings. The minimum atomic E-state index is -0.141. The predicted octanol–water partition coefficient (Wildman–Crippen LogP) is 2.01. The molecular weight excluding hydrogens is 254 g/mol. The number of rotatable bonds is 6. The van der Waals surface area contributed by atoms with Gasteiger partial charge in [0.1, 0.15) is 5.75 Å². The second kappa shape index (κ2) is 6.75. The molecule has 2 rings (SSSR count). The second-order valence-corrected chi connectivity index (χ2v) is 5.09. The van der Waals surface area contributed by atoms with Crippen LogP contribution in [0.2, 0.25) is 0 Å². The first kappa shape index (κ1) is 14.9. The van der Waals surface area contributed by atoms with Crippen LogP contribution in [0, 0.1) is 0 Å². The number of nitrogens with two attached hydrogens (primary N) is 1. The normalized spacial score (nSPS) is 16.9. The van der Waals surface area contributed by atoms with Gasteiger partial charge in [-0.15, -0.1) is 0 Å². The summed E-state index contributed by atoms with van der Waals surface area (Å²) in [5, 5.41) is 0. The van der Waals surface area contributed by atoms with Crippen LogP contribution < -0.4 is 10.5 Å². The van der Waals surface area contributed by atoms with E-state index in [0.29, 0.717) is 26.1 Å². The molecule has 0 bridgehead atoms. The van der Waals surface area contributed by atoms with Gasteiger partial charge >= 0.3 is 5.97 Å². The zero-order valence-electron chi connectivity index (χ0n) is 12.3. The molecule has 0 saturated carbocycles. The fraction of sp³-hybridized carbons (Fsp3) is 0.562. The largest absolute Gasteiger partial charge is 0.494 e. The number of esters is 1. The molecule has 20 heavy (non-hydrogen) atoms. The molecule has 0 aromatic heterocycles. The maximum Gasteiger partial charge on any atom is 0.306 e. The molecule has 0 spiro atoms. The lowest BCUT2D eigenvalue weighted by Crippen LogP contribution is -2.19. The zero-order valence-corrected chi connectivity index (χ0v) is 12.3. The number of benzene rings is 1. The van der Waals surface area contributed by atoms with Crippen LogP contribution in [0.25, 0.3) is 0 Å². The van der Waals surface area contributed by atoms with Gasteiger partial charge in [-0.25, -0.2) is 0 Å². The fourth-order valence-electron chi connectivity index (χ4n) is 2.79. The SMILES string of the molecule is CCOC(=O)CCc1ccc(OCC)c2c1CC(N)C2. The topological polar surface area (TPSA) is 61.5 Å². The molecule has 0 fully saturated rings. The summed E-state index contributed by atoms with van der Waals surface area (Å²) in [5.74, 6) is 0.799. The molecular formula is C16H23NO3. The Hall–Kier alpha value is -1.55. The van der Waals surface area contributed by atoms with Crippen LogP contribution in [0.15, 0.2) is 12.1 Å². The molecule has 4 heteroatoms. The number of carbonyl (C=O) groups excluding carboxylic acids is 1. The van der Waals surface area contributed by atoms with Crippen molar-refractivity contribution in [1.29, 1.82) is 0 Å². The number of aryl methyl sites for hydroxylation is 1. The molecule has 0 radical (unpaired) electrons. The first-order chi connectivity index (χ1) is 9.65. The molecule has 0 heterocycles. The summed E-state index contributed by atoms with van der Waals surface area (Å²) in [7, 11) is 0. The van der Waals surface area contributed by atoms with Crippen LogP contribution in [-0.2, 0) is 28.8 Å². The molecule has 1 atom stereocenters. The van der Waals surface area contributed by atoms with Crippen molar-refractivity contribution in [3.05, 3.63) is 28.8 Å². The minimum absolute atomic E-state index is 0.141. The van der Waals surface area contributed by atoms with E-state index in [2.05, 4.69) is 6.07 Å². The van der Waals surface area contributed by atoms with E-state index in [1.54, 1.807) is 0 Å². The number of ether oxygens (including phenoxy) is 2. The minimum Gasteiger partial charge on any atom is -0.494 e. The highest BCUT2D eigenvalue weighted by Crippen LogP contribution is 2.33. The Labute approximate surface area is 120 Å². The van der Waals surface area contributed by atoms with Crippen molar-refractivity contribution in [1.82, 2.24) is 0 Å². The average molecular weight is 277 g/mol. The molecule has 0 aliphatic heterocycles. The van der Waals surface area contributed by atoms with Crippen LogP contribution in [0.5, 0.6) is 5.75 Å². The third-order valence-electron chi connectivity index (χ3n) is 3.62. The number of hydrogen-bond donors (Lipinski definition) is 1. The van der Waals surface area contributed by atoms with E-state index < -0.39 is 0 Å². The molecule has 2 N–H and O–H groups in total. The Kier molecular flexibility index (Phi) is 5.01. The first-order valence-corrected chi connectivity index (χ1v) is 7.33. The third kappa shape index (κ3) is 3.31. The van der Waals surface area contributed by atoms with Gasteiger partial charge in [-0.2, -0.15) is 0 Å². The maximum absolute atomic E-state index is 11.5. The van der Waals surface area contributed by atoms with Crippen LogP contribution in [-0.4, -0.2) is 25.2 Å². The van der Waals surface area contributed by atoms with E-state index in [-0.39, 0.29) is 12.0 Å². The highest BCUT2D eigenvalue weighted by Gasteiger charge is 2.24. The highest BCUT2D eigenvalue weighted by atomic mass is 16.5. The summed E-state index contributed by atoms with van der Waals surface area (Å²) in [5.41, 5.74) is 9.77. The van der Waals surface area contributed by atoms with E-state index in [1.165, 1.54) is 16.7 Å². The molecule has 4 nitrogen and oxygen atoms in total. The van der Waals surface area contributed by atoms with Crippen LogP contribution >= 0.6 is 0 Å². The summed E-state index contributed by atoms with van der Waals surface area (Å²) in [6, 6.07) is 4.22. The molecule has 0 saturated heterocycles. The zero-order chi connectivity index (χ0) is 14.5.